The molecule has 2 heterocycles. The van der Waals surface area contributed by atoms with Crippen LogP contribution >= 0.6 is 0 Å². The zero-order valence-corrected chi connectivity index (χ0v) is 25.9. The van der Waals surface area contributed by atoms with Gasteiger partial charge in [-0.25, -0.2) is 0 Å². The smallest absolute Gasteiger partial charge is 0.339 e. The molecule has 0 N–H and O–H groups in total. The van der Waals surface area contributed by atoms with Gasteiger partial charge < -0.3 is 9.80 Å². The fourth-order valence-corrected chi connectivity index (χ4v) is 6.77. The zero-order valence-electron chi connectivity index (χ0n) is 25.9. The molecule has 8 heteroatoms. The molecule has 47 heavy (non-hydrogen) atoms. The summed E-state index contributed by atoms with van der Waals surface area (Å²) in [6, 6.07) is 36.9. The van der Waals surface area contributed by atoms with Crippen molar-refractivity contribution in [1.29, 1.82) is 0 Å². The van der Waals surface area contributed by atoms with E-state index >= 15 is 0 Å². The zero-order chi connectivity index (χ0) is 32.8. The Labute approximate surface area is 272 Å². The lowest BCUT2D eigenvalue weighted by Crippen LogP contribution is -2.56. The minimum atomic E-state index is -5.04. The fourth-order valence-electron chi connectivity index (χ4n) is 6.77. The van der Waals surface area contributed by atoms with Crippen LogP contribution in [0.25, 0.3) is 10.9 Å². The number of fused-ring (bicyclic) bond motifs is 1. The van der Waals surface area contributed by atoms with Gasteiger partial charge in [0.25, 0.3) is 0 Å². The summed E-state index contributed by atoms with van der Waals surface area (Å²) >= 11 is 0. The van der Waals surface area contributed by atoms with Gasteiger partial charge in [-0.3, -0.25) is 14.6 Å². The van der Waals surface area contributed by atoms with Crippen molar-refractivity contribution in [2.24, 2.45) is 0 Å². The third kappa shape index (κ3) is 7.54. The number of hydrogen-bond donors (Lipinski definition) is 0. The van der Waals surface area contributed by atoms with E-state index in [0.29, 0.717) is 29.3 Å². The molecule has 0 spiro atoms. The third-order valence-corrected chi connectivity index (χ3v) is 9.09. The largest absolute Gasteiger partial charge is 0.471 e. The highest BCUT2D eigenvalue weighted by atomic mass is 19.4. The van der Waals surface area contributed by atoms with Crippen molar-refractivity contribution in [2.75, 3.05) is 6.54 Å². The molecule has 1 aromatic heterocycles. The van der Waals surface area contributed by atoms with Gasteiger partial charge in [0.2, 0.25) is 5.91 Å². The van der Waals surface area contributed by atoms with Crippen LogP contribution in [0.5, 0.6) is 0 Å². The number of carbonyl (C=O) groups is 2. The number of hydrogen-bond acceptors (Lipinski definition) is 3. The number of piperidine rings is 1. The van der Waals surface area contributed by atoms with Crippen molar-refractivity contribution in [3.63, 3.8) is 0 Å². The number of carbonyl (C=O) groups excluding carboxylic acids is 2. The average Bonchev–Trinajstić information content (AvgIpc) is 3.10. The number of likely N-dealkylation sites (tertiary alicyclic amines) is 1. The van der Waals surface area contributed by atoms with Gasteiger partial charge in [0.1, 0.15) is 0 Å². The van der Waals surface area contributed by atoms with Gasteiger partial charge >= 0.3 is 12.1 Å². The molecular weight excluding hydrogens is 599 g/mol. The second-order valence-corrected chi connectivity index (χ2v) is 12.1. The Balaban J connectivity index is 1.34. The van der Waals surface area contributed by atoms with Crippen molar-refractivity contribution in [3.8, 4) is 0 Å². The van der Waals surface area contributed by atoms with Crippen molar-refractivity contribution in [3.05, 3.63) is 150 Å². The highest BCUT2D eigenvalue weighted by Crippen LogP contribution is 2.33. The van der Waals surface area contributed by atoms with Gasteiger partial charge in [0.05, 0.1) is 11.4 Å². The standard InChI is InChI=1S/C39H36F3N3O2/c40-39(41,42)38(47)45(27-31-20-22-43-36-19-11-10-18-34(31)36)32-21-23-44(33(26-32)24-28-12-4-1-5-13-28)37(46)35(30-16-8-3-9-17-30)25-29-14-6-2-7-15-29/h1-20,22,32-33,35H,21,23-27H2. The highest BCUT2D eigenvalue weighted by molar-refractivity contribution is 5.86. The molecule has 240 valence electrons. The summed E-state index contributed by atoms with van der Waals surface area (Å²) in [6.07, 6.45) is -2.08. The Bertz CT molecular complexity index is 1790. The lowest BCUT2D eigenvalue weighted by molar-refractivity contribution is -0.190. The molecule has 3 unspecified atom stereocenters. The Morgan fingerprint density at radius 2 is 1.43 bits per heavy atom. The monoisotopic (exact) mass is 635 g/mol. The van der Waals surface area contributed by atoms with E-state index in [9.17, 15) is 22.8 Å². The van der Waals surface area contributed by atoms with E-state index < -0.39 is 30.1 Å². The van der Waals surface area contributed by atoms with E-state index in [0.717, 1.165) is 21.6 Å². The summed E-state index contributed by atoms with van der Waals surface area (Å²) in [5, 5.41) is 0.704. The van der Waals surface area contributed by atoms with Crippen molar-refractivity contribution >= 4 is 22.7 Å². The number of para-hydroxylation sites is 1. The first kappa shape index (κ1) is 32.0. The van der Waals surface area contributed by atoms with Crippen molar-refractivity contribution in [2.45, 2.75) is 56.4 Å². The van der Waals surface area contributed by atoms with Gasteiger partial charge in [0.15, 0.2) is 0 Å². The molecule has 4 aromatic carbocycles. The summed E-state index contributed by atoms with van der Waals surface area (Å²) in [5.41, 5.74) is 4.13. The molecule has 1 aliphatic rings. The normalized spacial score (nSPS) is 17.3. The first-order chi connectivity index (χ1) is 22.8. The topological polar surface area (TPSA) is 53.5 Å². The summed E-state index contributed by atoms with van der Waals surface area (Å²) in [6.45, 7) is 0.0244. The number of alkyl halides is 3. The van der Waals surface area contributed by atoms with Gasteiger partial charge in [0, 0.05) is 36.8 Å². The van der Waals surface area contributed by atoms with E-state index in [1.54, 1.807) is 18.3 Å². The van der Waals surface area contributed by atoms with Crippen LogP contribution in [0.4, 0.5) is 13.2 Å². The summed E-state index contributed by atoms with van der Waals surface area (Å²) in [4.78, 5) is 34.8. The number of rotatable bonds is 9. The van der Waals surface area contributed by atoms with Gasteiger partial charge in [-0.15, -0.1) is 0 Å². The van der Waals surface area contributed by atoms with Crippen LogP contribution in [-0.4, -0.2) is 51.4 Å². The number of pyridine rings is 1. The molecule has 1 fully saturated rings. The summed E-state index contributed by atoms with van der Waals surface area (Å²) in [5.74, 6) is -2.40. The van der Waals surface area contributed by atoms with E-state index in [1.807, 2.05) is 114 Å². The second-order valence-electron chi connectivity index (χ2n) is 12.1. The maximum absolute atomic E-state index is 14.6. The summed E-state index contributed by atoms with van der Waals surface area (Å²) in [7, 11) is 0. The van der Waals surface area contributed by atoms with E-state index in [2.05, 4.69) is 4.98 Å². The van der Waals surface area contributed by atoms with Crippen LogP contribution in [0.1, 0.15) is 41.0 Å². The lowest BCUT2D eigenvalue weighted by atomic mass is 9.86. The van der Waals surface area contributed by atoms with Gasteiger partial charge in [-0.05, 0) is 60.1 Å². The minimum absolute atomic E-state index is 0.0618. The highest BCUT2D eigenvalue weighted by Gasteiger charge is 2.47. The molecule has 0 saturated carbocycles. The van der Waals surface area contributed by atoms with Crippen molar-refractivity contribution in [1.82, 2.24) is 14.8 Å². The summed E-state index contributed by atoms with van der Waals surface area (Å²) < 4.78 is 42.5. The molecular formula is C39H36F3N3O2. The third-order valence-electron chi connectivity index (χ3n) is 9.09. The van der Waals surface area contributed by atoms with Crippen LogP contribution < -0.4 is 0 Å². The fraction of sp³-hybridized carbons (Fsp3) is 0.256. The molecule has 1 saturated heterocycles. The van der Waals surface area contributed by atoms with Crippen LogP contribution in [0, 0.1) is 0 Å². The van der Waals surface area contributed by atoms with Gasteiger partial charge in [-0.1, -0.05) is 109 Å². The molecule has 5 nitrogen and oxygen atoms in total. The maximum Gasteiger partial charge on any atom is 0.471 e. The quantitative estimate of drug-likeness (QED) is 0.166. The lowest BCUT2D eigenvalue weighted by Gasteiger charge is -2.45. The first-order valence-electron chi connectivity index (χ1n) is 15.9. The van der Waals surface area contributed by atoms with Crippen molar-refractivity contribution < 1.29 is 22.8 Å². The minimum Gasteiger partial charge on any atom is -0.339 e. The molecule has 3 atom stereocenters. The Hall–Kier alpha value is -4.98. The number of nitrogens with zero attached hydrogens (tertiary/aromatic N) is 3. The van der Waals surface area contributed by atoms with Crippen LogP contribution in [0.15, 0.2) is 128 Å². The van der Waals surface area contributed by atoms with E-state index in [-0.39, 0.29) is 31.8 Å². The van der Waals surface area contributed by atoms with Gasteiger partial charge in [-0.2, -0.15) is 13.2 Å². The average molecular weight is 636 g/mol. The Kier molecular flexibility index (Phi) is 9.66. The SMILES string of the molecule is O=C(C(Cc1ccccc1)c1ccccc1)N1CCC(N(Cc2ccnc3ccccc23)C(=O)C(F)(F)F)CC1Cc1ccccc1. The number of halogens is 3. The molecule has 0 aliphatic carbocycles. The second kappa shape index (κ2) is 14.2. The Morgan fingerprint density at radius 3 is 2.11 bits per heavy atom. The maximum atomic E-state index is 14.6. The van der Waals surface area contributed by atoms with E-state index in [4.69, 9.17) is 0 Å². The molecule has 0 radical (unpaired) electrons. The van der Waals surface area contributed by atoms with Crippen LogP contribution in [-0.2, 0) is 29.0 Å². The molecule has 1 aliphatic heterocycles. The Morgan fingerprint density at radius 1 is 0.809 bits per heavy atom. The molecule has 2 amide bonds. The predicted octanol–water partition coefficient (Wildman–Crippen LogP) is 7.75. The van der Waals surface area contributed by atoms with E-state index in [1.165, 1.54) is 0 Å². The molecule has 0 bridgehead atoms. The van der Waals surface area contributed by atoms with Crippen LogP contribution in [0.2, 0.25) is 0 Å². The first-order valence-corrected chi connectivity index (χ1v) is 15.9. The number of aromatic nitrogens is 1. The molecule has 6 rings (SSSR count). The predicted molar refractivity (Wildman–Crippen MR) is 176 cm³/mol. The van der Waals surface area contributed by atoms with Crippen LogP contribution in [0.3, 0.4) is 0 Å². The molecule has 5 aromatic rings. The number of benzene rings is 4. The number of amides is 2.